The number of aromatic nitrogens is 4. The molecule has 7 nitrogen and oxygen atoms in total. The summed E-state index contributed by atoms with van der Waals surface area (Å²) in [4.78, 5) is 16.3. The maximum Gasteiger partial charge on any atom is 0.278 e. The number of amides is 1. The molecule has 1 amide bonds. The number of benzene rings is 1. The molecular weight excluding hydrogens is 372 g/mol. The third-order valence-electron chi connectivity index (χ3n) is 3.56. The zero-order valence-electron chi connectivity index (χ0n) is 12.3. The highest BCUT2D eigenvalue weighted by atomic mass is 35.5. The van der Waals surface area contributed by atoms with Crippen LogP contribution in [-0.4, -0.2) is 25.9 Å². The van der Waals surface area contributed by atoms with Crippen LogP contribution in [0.15, 0.2) is 30.5 Å². The number of fused-ring (bicyclic) bond motifs is 3. The fraction of sp³-hybridized carbons (Fsp3) is 0.0667. The van der Waals surface area contributed by atoms with Crippen molar-refractivity contribution in [3.05, 3.63) is 57.8 Å². The number of nitrogens with zero attached hydrogens (tertiary/aromatic N) is 4. The number of rotatable bonds is 2. The summed E-state index contributed by atoms with van der Waals surface area (Å²) in [5.74, 6) is -0.813. The molecule has 25 heavy (non-hydrogen) atoms. The van der Waals surface area contributed by atoms with Gasteiger partial charge in [-0.15, -0.1) is 5.10 Å². The molecule has 3 aromatic rings. The molecule has 3 heterocycles. The molecule has 1 aliphatic rings. The largest absolute Gasteiger partial charge is 0.485 e. The summed E-state index contributed by atoms with van der Waals surface area (Å²) < 4.78 is 20.4. The van der Waals surface area contributed by atoms with E-state index in [1.807, 2.05) is 0 Å². The van der Waals surface area contributed by atoms with Gasteiger partial charge in [0, 0.05) is 18.0 Å². The second kappa shape index (κ2) is 5.98. The Bertz CT molecular complexity index is 1010. The molecule has 0 spiro atoms. The van der Waals surface area contributed by atoms with E-state index in [2.05, 4.69) is 20.6 Å². The van der Waals surface area contributed by atoms with Gasteiger partial charge in [-0.05, 0) is 18.2 Å². The summed E-state index contributed by atoms with van der Waals surface area (Å²) in [6.07, 6.45) is 1.47. The molecule has 126 valence electrons. The maximum atomic E-state index is 13.6. The molecule has 0 fully saturated rings. The Hall–Kier alpha value is -2.71. The van der Waals surface area contributed by atoms with Crippen molar-refractivity contribution in [3.8, 4) is 11.4 Å². The van der Waals surface area contributed by atoms with Gasteiger partial charge in [0.25, 0.3) is 5.91 Å². The minimum Gasteiger partial charge on any atom is -0.485 e. The third kappa shape index (κ3) is 2.79. The van der Waals surface area contributed by atoms with E-state index in [-0.39, 0.29) is 28.2 Å². The van der Waals surface area contributed by atoms with Crippen LogP contribution in [0.3, 0.4) is 0 Å². The average Bonchev–Trinajstić information content (AvgIpc) is 3.00. The molecule has 4 rings (SSSR count). The predicted octanol–water partition coefficient (Wildman–Crippen LogP) is 3.25. The lowest BCUT2D eigenvalue weighted by atomic mass is 10.2. The summed E-state index contributed by atoms with van der Waals surface area (Å²) in [7, 11) is 0. The van der Waals surface area contributed by atoms with E-state index in [1.165, 1.54) is 29.1 Å². The number of carbonyl (C=O) groups excluding carboxylic acids is 1. The van der Waals surface area contributed by atoms with Crippen molar-refractivity contribution >= 4 is 34.8 Å². The molecule has 1 aromatic carbocycles. The highest BCUT2D eigenvalue weighted by Crippen LogP contribution is 2.34. The van der Waals surface area contributed by atoms with Gasteiger partial charge in [0.05, 0.1) is 5.02 Å². The maximum absolute atomic E-state index is 13.6. The third-order valence-corrected chi connectivity index (χ3v) is 4.05. The molecule has 0 aliphatic carbocycles. The standard InChI is InChI=1S/C15H8Cl2FN5O2/c16-8-4-10-12(5-9(8)18)25-6-11-14(21-22-23(10)11)15(24)20-7-1-2-19-13(17)3-7/h1-5H,6H2,(H,19,20,24). The first kappa shape index (κ1) is 15.8. The van der Waals surface area contributed by atoms with Gasteiger partial charge in [-0.1, -0.05) is 28.4 Å². The van der Waals surface area contributed by atoms with Gasteiger partial charge in [-0.3, -0.25) is 4.79 Å². The molecule has 1 aliphatic heterocycles. The van der Waals surface area contributed by atoms with Crippen molar-refractivity contribution in [1.82, 2.24) is 20.0 Å². The first-order valence-electron chi connectivity index (χ1n) is 7.02. The van der Waals surface area contributed by atoms with Crippen molar-refractivity contribution < 1.29 is 13.9 Å². The molecule has 10 heteroatoms. The van der Waals surface area contributed by atoms with E-state index in [0.29, 0.717) is 17.1 Å². The van der Waals surface area contributed by atoms with Crippen LogP contribution in [0.2, 0.25) is 10.2 Å². The van der Waals surface area contributed by atoms with Crippen molar-refractivity contribution in [1.29, 1.82) is 0 Å². The number of hydrogen-bond donors (Lipinski definition) is 1. The lowest BCUT2D eigenvalue weighted by molar-refractivity contribution is 0.101. The Morgan fingerprint density at radius 2 is 2.16 bits per heavy atom. The Balaban J connectivity index is 1.69. The van der Waals surface area contributed by atoms with Gasteiger partial charge >= 0.3 is 0 Å². The molecular formula is C15H8Cl2FN5O2. The van der Waals surface area contributed by atoms with Gasteiger partial charge in [0.1, 0.15) is 34.7 Å². The highest BCUT2D eigenvalue weighted by molar-refractivity contribution is 6.31. The Kier molecular flexibility index (Phi) is 3.78. The number of ether oxygens (including phenoxy) is 1. The summed E-state index contributed by atoms with van der Waals surface area (Å²) >= 11 is 11.6. The molecule has 0 bridgehead atoms. The van der Waals surface area contributed by atoms with Crippen LogP contribution in [0.25, 0.3) is 5.69 Å². The van der Waals surface area contributed by atoms with Crippen LogP contribution in [0.4, 0.5) is 10.1 Å². The van der Waals surface area contributed by atoms with Gasteiger partial charge in [0.15, 0.2) is 5.69 Å². The van der Waals surface area contributed by atoms with E-state index in [1.54, 1.807) is 6.07 Å². The molecule has 1 N–H and O–H groups in total. The summed E-state index contributed by atoms with van der Waals surface area (Å²) in [6.45, 7) is 0.0148. The van der Waals surface area contributed by atoms with Crippen LogP contribution in [-0.2, 0) is 6.61 Å². The SMILES string of the molecule is O=C(Nc1ccnc(Cl)c1)c1nnn2c1COc1cc(F)c(Cl)cc1-2. The number of nitrogens with one attached hydrogen (secondary N) is 1. The number of carbonyl (C=O) groups is 1. The van der Waals surface area contributed by atoms with Crippen LogP contribution in [0, 0.1) is 5.82 Å². The van der Waals surface area contributed by atoms with Crippen LogP contribution < -0.4 is 10.1 Å². The summed E-state index contributed by atoms with van der Waals surface area (Å²) in [5, 5.41) is 10.7. The van der Waals surface area contributed by atoms with E-state index >= 15 is 0 Å². The fourth-order valence-corrected chi connectivity index (χ4v) is 2.75. The lowest BCUT2D eigenvalue weighted by Crippen LogP contribution is -2.19. The highest BCUT2D eigenvalue weighted by Gasteiger charge is 2.27. The lowest BCUT2D eigenvalue weighted by Gasteiger charge is -2.19. The molecule has 0 atom stereocenters. The van der Waals surface area contributed by atoms with E-state index in [9.17, 15) is 9.18 Å². The van der Waals surface area contributed by atoms with Gasteiger partial charge in [0.2, 0.25) is 0 Å². The monoisotopic (exact) mass is 379 g/mol. The smallest absolute Gasteiger partial charge is 0.278 e. The van der Waals surface area contributed by atoms with Gasteiger partial charge in [-0.2, -0.15) is 0 Å². The van der Waals surface area contributed by atoms with Gasteiger partial charge < -0.3 is 10.1 Å². The van der Waals surface area contributed by atoms with Crippen LogP contribution in [0.5, 0.6) is 5.75 Å². The van der Waals surface area contributed by atoms with Crippen molar-refractivity contribution in [2.24, 2.45) is 0 Å². The first-order valence-corrected chi connectivity index (χ1v) is 7.78. The van der Waals surface area contributed by atoms with Crippen molar-refractivity contribution in [3.63, 3.8) is 0 Å². The zero-order chi connectivity index (χ0) is 17.6. The summed E-state index contributed by atoms with van der Waals surface area (Å²) in [5.41, 5.74) is 1.38. The topological polar surface area (TPSA) is 81.9 Å². The summed E-state index contributed by atoms with van der Waals surface area (Å²) in [6, 6.07) is 5.63. The molecule has 0 radical (unpaired) electrons. The molecule has 0 saturated heterocycles. The van der Waals surface area contributed by atoms with Crippen molar-refractivity contribution in [2.45, 2.75) is 6.61 Å². The molecule has 0 unspecified atom stereocenters. The minimum atomic E-state index is -0.600. The van der Waals surface area contributed by atoms with E-state index in [4.69, 9.17) is 27.9 Å². The second-order valence-corrected chi connectivity index (χ2v) is 5.94. The zero-order valence-corrected chi connectivity index (χ0v) is 13.8. The normalized spacial score (nSPS) is 12.1. The number of anilines is 1. The Morgan fingerprint density at radius 1 is 1.32 bits per heavy atom. The van der Waals surface area contributed by atoms with E-state index in [0.717, 1.165) is 0 Å². The second-order valence-electron chi connectivity index (χ2n) is 5.14. The fourth-order valence-electron chi connectivity index (χ4n) is 2.42. The number of pyridine rings is 1. The minimum absolute atomic E-state index is 0.0148. The molecule has 0 saturated carbocycles. The average molecular weight is 380 g/mol. The first-order chi connectivity index (χ1) is 12.0. The Morgan fingerprint density at radius 3 is 2.96 bits per heavy atom. The van der Waals surface area contributed by atoms with Crippen LogP contribution >= 0.6 is 23.2 Å². The number of hydrogen-bond acceptors (Lipinski definition) is 5. The Labute approximate surface area is 150 Å². The molecule has 2 aromatic heterocycles. The number of halogens is 3. The van der Waals surface area contributed by atoms with E-state index < -0.39 is 11.7 Å². The quantitative estimate of drug-likeness (QED) is 0.691. The van der Waals surface area contributed by atoms with Crippen LogP contribution in [0.1, 0.15) is 16.2 Å². The van der Waals surface area contributed by atoms with Gasteiger partial charge in [-0.25, -0.2) is 14.1 Å². The van der Waals surface area contributed by atoms with Crippen molar-refractivity contribution in [2.75, 3.05) is 5.32 Å². The predicted molar refractivity (Wildman–Crippen MR) is 87.9 cm³/mol.